The Hall–Kier alpha value is -1.83. The van der Waals surface area contributed by atoms with Gasteiger partial charge in [0.2, 0.25) is 10.0 Å². The second-order valence-electron chi connectivity index (χ2n) is 7.89. The first-order chi connectivity index (χ1) is 14.4. The van der Waals surface area contributed by atoms with E-state index in [0.717, 1.165) is 12.0 Å². The van der Waals surface area contributed by atoms with Crippen LogP contribution in [0, 0.1) is 5.92 Å². The molecule has 160 valence electrons. The summed E-state index contributed by atoms with van der Waals surface area (Å²) >= 11 is 1.74. The number of rotatable bonds is 5. The highest BCUT2D eigenvalue weighted by Gasteiger charge is 2.36. The third kappa shape index (κ3) is 4.15. The molecular weight excluding hydrogens is 418 g/mol. The van der Waals surface area contributed by atoms with Gasteiger partial charge in [0.1, 0.15) is 0 Å². The van der Waals surface area contributed by atoms with Crippen molar-refractivity contribution in [2.45, 2.75) is 48.2 Å². The molecule has 0 amide bonds. The van der Waals surface area contributed by atoms with Crippen LogP contribution in [-0.4, -0.2) is 38.4 Å². The molecule has 0 aliphatic carbocycles. The second-order valence-corrected chi connectivity index (χ2v) is 11.2. The van der Waals surface area contributed by atoms with Crippen molar-refractivity contribution in [1.82, 2.24) is 4.31 Å². The third-order valence-electron chi connectivity index (χ3n) is 5.94. The summed E-state index contributed by atoms with van der Waals surface area (Å²) in [5.41, 5.74) is 3.24. The Morgan fingerprint density at radius 1 is 1.20 bits per heavy atom. The molecule has 4 rings (SSSR count). The third-order valence-corrected chi connectivity index (χ3v) is 9.39. The van der Waals surface area contributed by atoms with Gasteiger partial charge in [-0.05, 0) is 61.9 Å². The molecule has 1 unspecified atom stereocenters. The number of benzene rings is 2. The van der Waals surface area contributed by atoms with E-state index in [1.807, 2.05) is 30.3 Å². The van der Waals surface area contributed by atoms with Crippen LogP contribution in [0.2, 0.25) is 0 Å². The van der Waals surface area contributed by atoms with Crippen molar-refractivity contribution in [3.8, 4) is 0 Å². The Labute approximate surface area is 182 Å². The number of ether oxygens (including phenoxy) is 1. The average Bonchev–Trinajstić information content (AvgIpc) is 2.77. The molecule has 7 heteroatoms. The quantitative estimate of drug-likeness (QED) is 0.545. The van der Waals surface area contributed by atoms with E-state index in [1.165, 1.54) is 25.2 Å². The molecular formula is C23H27NO4S2. The molecule has 0 aromatic heterocycles. The summed E-state index contributed by atoms with van der Waals surface area (Å²) in [6, 6.07) is 14.3. The molecule has 2 aromatic carbocycles. The first-order valence-electron chi connectivity index (χ1n) is 10.4. The zero-order chi connectivity index (χ0) is 21.3. The molecule has 2 aliphatic rings. The molecule has 1 fully saturated rings. The summed E-state index contributed by atoms with van der Waals surface area (Å²) < 4.78 is 33.3. The Morgan fingerprint density at radius 2 is 1.97 bits per heavy atom. The molecule has 5 nitrogen and oxygen atoms in total. The van der Waals surface area contributed by atoms with E-state index >= 15 is 0 Å². The maximum Gasteiger partial charge on any atom is 0.310 e. The zero-order valence-electron chi connectivity index (χ0n) is 17.3. The van der Waals surface area contributed by atoms with Crippen molar-refractivity contribution in [1.29, 1.82) is 0 Å². The Balaban J connectivity index is 1.54. The van der Waals surface area contributed by atoms with Gasteiger partial charge in [0.15, 0.2) is 0 Å². The van der Waals surface area contributed by atoms with Gasteiger partial charge in [0.05, 0.1) is 17.8 Å². The van der Waals surface area contributed by atoms with Crippen LogP contribution in [0.15, 0.2) is 52.3 Å². The van der Waals surface area contributed by atoms with Gasteiger partial charge in [0, 0.05) is 22.9 Å². The fourth-order valence-electron chi connectivity index (χ4n) is 4.18. The minimum atomic E-state index is -3.56. The SMILES string of the molecule is CCOC(=O)[C@@H]1CCCN(S(=O)(=O)C(C)c2ccc3c(c2)Cc2ccccc2S3)C1. The molecule has 2 heterocycles. The van der Waals surface area contributed by atoms with E-state index in [2.05, 4.69) is 12.1 Å². The minimum Gasteiger partial charge on any atom is -0.466 e. The molecule has 0 N–H and O–H groups in total. The van der Waals surface area contributed by atoms with Crippen molar-refractivity contribution in [3.05, 3.63) is 59.2 Å². The maximum absolute atomic E-state index is 13.3. The zero-order valence-corrected chi connectivity index (χ0v) is 19.0. The van der Waals surface area contributed by atoms with Crippen LogP contribution in [0.25, 0.3) is 0 Å². The topological polar surface area (TPSA) is 63.7 Å². The van der Waals surface area contributed by atoms with E-state index in [9.17, 15) is 13.2 Å². The number of piperidine rings is 1. The number of esters is 1. The van der Waals surface area contributed by atoms with Gasteiger partial charge < -0.3 is 4.74 Å². The minimum absolute atomic E-state index is 0.208. The van der Waals surface area contributed by atoms with Crippen LogP contribution in [0.5, 0.6) is 0 Å². The normalized spacial score (nSPS) is 20.1. The summed E-state index contributed by atoms with van der Waals surface area (Å²) in [4.78, 5) is 14.6. The second kappa shape index (κ2) is 8.73. The smallest absolute Gasteiger partial charge is 0.310 e. The summed E-state index contributed by atoms with van der Waals surface area (Å²) in [6.07, 6.45) is 2.16. The number of carbonyl (C=O) groups is 1. The molecule has 2 aromatic rings. The predicted octanol–water partition coefficient (Wildman–Crippen LogP) is 4.41. The molecule has 2 atom stereocenters. The van der Waals surface area contributed by atoms with Gasteiger partial charge in [-0.2, -0.15) is 0 Å². The first-order valence-corrected chi connectivity index (χ1v) is 12.8. The van der Waals surface area contributed by atoms with E-state index in [0.29, 0.717) is 26.0 Å². The standard InChI is InChI=1S/C23H27NO4S2/c1-3-28-23(25)19-8-6-12-24(15-19)30(26,27)16(2)17-10-11-22-20(13-17)14-18-7-4-5-9-21(18)29-22/h4-5,7,9-11,13,16,19H,3,6,8,12,14-15H2,1-2H3/t16?,19-/m1/s1. The van der Waals surface area contributed by atoms with E-state index < -0.39 is 15.3 Å². The lowest BCUT2D eigenvalue weighted by Gasteiger charge is -2.33. The van der Waals surface area contributed by atoms with Crippen LogP contribution in [0.3, 0.4) is 0 Å². The van der Waals surface area contributed by atoms with Crippen molar-refractivity contribution >= 4 is 27.8 Å². The highest BCUT2D eigenvalue weighted by Crippen LogP contribution is 2.41. The van der Waals surface area contributed by atoms with Crippen LogP contribution >= 0.6 is 11.8 Å². The van der Waals surface area contributed by atoms with Crippen LogP contribution in [0.1, 0.15) is 48.6 Å². The summed E-state index contributed by atoms with van der Waals surface area (Å²) in [5, 5.41) is -0.661. The van der Waals surface area contributed by atoms with Gasteiger partial charge in [-0.25, -0.2) is 12.7 Å². The molecule has 0 spiro atoms. The van der Waals surface area contributed by atoms with Gasteiger partial charge in [-0.1, -0.05) is 42.1 Å². The summed E-state index contributed by atoms with van der Waals surface area (Å²) in [5.74, 6) is -0.674. The molecule has 0 saturated carbocycles. The van der Waals surface area contributed by atoms with Crippen LogP contribution < -0.4 is 0 Å². The van der Waals surface area contributed by atoms with Crippen molar-refractivity contribution < 1.29 is 17.9 Å². The van der Waals surface area contributed by atoms with Gasteiger partial charge in [-0.15, -0.1) is 0 Å². The highest BCUT2D eigenvalue weighted by molar-refractivity contribution is 7.99. The molecule has 30 heavy (non-hydrogen) atoms. The predicted molar refractivity (Wildman–Crippen MR) is 118 cm³/mol. The average molecular weight is 446 g/mol. The highest BCUT2D eigenvalue weighted by atomic mass is 32.2. The van der Waals surface area contributed by atoms with Gasteiger partial charge in [0.25, 0.3) is 0 Å². The summed E-state index contributed by atoms with van der Waals surface area (Å²) in [6.45, 7) is 4.49. The Morgan fingerprint density at radius 3 is 2.77 bits per heavy atom. The molecule has 1 saturated heterocycles. The molecule has 0 bridgehead atoms. The lowest BCUT2D eigenvalue weighted by Crippen LogP contribution is -2.44. The number of nitrogens with zero attached hydrogens (tertiary/aromatic N) is 1. The molecule has 2 aliphatic heterocycles. The maximum atomic E-state index is 13.3. The van der Waals surface area contributed by atoms with Crippen molar-refractivity contribution in [2.75, 3.05) is 19.7 Å². The van der Waals surface area contributed by atoms with Crippen molar-refractivity contribution in [2.24, 2.45) is 5.92 Å². The fourth-order valence-corrected chi connectivity index (χ4v) is 6.95. The lowest BCUT2D eigenvalue weighted by atomic mass is 10.00. The van der Waals surface area contributed by atoms with E-state index in [-0.39, 0.29) is 18.4 Å². The van der Waals surface area contributed by atoms with Gasteiger partial charge >= 0.3 is 5.97 Å². The lowest BCUT2D eigenvalue weighted by molar-refractivity contribution is -0.149. The van der Waals surface area contributed by atoms with Gasteiger partial charge in [-0.3, -0.25) is 4.79 Å². The number of fused-ring (bicyclic) bond motifs is 2. The number of sulfonamides is 1. The monoisotopic (exact) mass is 445 g/mol. The fraction of sp³-hybridized carbons (Fsp3) is 0.435. The van der Waals surface area contributed by atoms with Crippen LogP contribution in [-0.2, 0) is 26.0 Å². The van der Waals surface area contributed by atoms with E-state index in [1.54, 1.807) is 25.6 Å². The largest absolute Gasteiger partial charge is 0.466 e. The van der Waals surface area contributed by atoms with E-state index in [4.69, 9.17) is 4.74 Å². The molecule has 0 radical (unpaired) electrons. The summed E-state index contributed by atoms with van der Waals surface area (Å²) in [7, 11) is -3.56. The first kappa shape index (κ1) is 21.4. The Kier molecular flexibility index (Phi) is 6.23. The number of hydrogen-bond acceptors (Lipinski definition) is 5. The van der Waals surface area contributed by atoms with Crippen molar-refractivity contribution in [3.63, 3.8) is 0 Å². The Bertz CT molecular complexity index is 1050. The number of carbonyl (C=O) groups excluding carboxylic acids is 1. The van der Waals surface area contributed by atoms with Crippen LogP contribution in [0.4, 0.5) is 0 Å². The number of hydrogen-bond donors (Lipinski definition) is 0.